The van der Waals surface area contributed by atoms with Crippen molar-refractivity contribution in [3.05, 3.63) is 60.7 Å². The minimum atomic E-state index is -2.48. The quantitative estimate of drug-likeness (QED) is 0.241. The normalized spacial score (nSPS) is 14.6. The molecule has 1 unspecified atom stereocenters. The molecule has 0 aromatic heterocycles. The van der Waals surface area contributed by atoms with Crippen LogP contribution in [0.15, 0.2) is 65.1 Å². The van der Waals surface area contributed by atoms with Crippen LogP contribution in [0, 0.1) is 0 Å². The molecule has 0 heterocycles. The largest absolute Gasteiger partial charge is 0.591 e. The van der Waals surface area contributed by atoms with Crippen LogP contribution in [0.4, 0.5) is 0 Å². The van der Waals surface area contributed by atoms with Crippen molar-refractivity contribution in [2.45, 2.75) is 71.1 Å². The number of nitrogens with zero attached hydrogens (tertiary/aromatic N) is 1. The molecule has 3 nitrogen and oxygen atoms in total. The summed E-state index contributed by atoms with van der Waals surface area (Å²) in [7, 11) is -2.48. The highest BCUT2D eigenvalue weighted by Crippen LogP contribution is 2.36. The third-order valence-corrected chi connectivity index (χ3v) is 11.7. The molecule has 0 saturated heterocycles. The molecule has 2 aromatic carbocycles. The Morgan fingerprint density at radius 2 is 1.37 bits per heavy atom. The smallest absolute Gasteiger partial charge is 0.261 e. The zero-order chi connectivity index (χ0) is 22.4. The summed E-state index contributed by atoms with van der Waals surface area (Å²) >= 11 is -1.21. The molecule has 2 rings (SSSR count). The van der Waals surface area contributed by atoms with E-state index in [1.165, 1.54) is 10.4 Å². The van der Waals surface area contributed by atoms with Crippen LogP contribution in [0.2, 0.25) is 5.04 Å². The third kappa shape index (κ3) is 6.07. The second-order valence-electron chi connectivity index (χ2n) is 9.80. The zero-order valence-electron chi connectivity index (χ0n) is 19.6. The van der Waals surface area contributed by atoms with Crippen molar-refractivity contribution in [3.8, 4) is 0 Å². The maximum atomic E-state index is 12.3. The predicted octanol–water partition coefficient (Wildman–Crippen LogP) is 5.27. The summed E-state index contributed by atoms with van der Waals surface area (Å²) < 4.78 is 23.2. The summed E-state index contributed by atoms with van der Waals surface area (Å²) in [6, 6.07) is 21.4. The third-order valence-electron chi connectivity index (χ3n) is 5.18. The van der Waals surface area contributed by atoms with Gasteiger partial charge in [-0.15, -0.1) is 0 Å². The Hall–Kier alpha value is -1.40. The molecule has 164 valence electrons. The molecule has 0 N–H and O–H groups in total. The van der Waals surface area contributed by atoms with Gasteiger partial charge in [0.05, 0.1) is 5.71 Å². The number of benzene rings is 2. The first kappa shape index (κ1) is 24.9. The molecule has 2 aromatic rings. The van der Waals surface area contributed by atoms with Crippen LogP contribution in [-0.4, -0.2) is 29.9 Å². The van der Waals surface area contributed by atoms with Gasteiger partial charge < -0.3 is 8.98 Å². The Morgan fingerprint density at radius 1 is 0.900 bits per heavy atom. The van der Waals surface area contributed by atoms with Gasteiger partial charge in [0.25, 0.3) is 8.32 Å². The fraction of sp³-hybridized carbons (Fsp3) is 0.480. The minimum Gasteiger partial charge on any atom is -0.591 e. The average Bonchev–Trinajstić information content (AvgIpc) is 2.67. The molecule has 0 amide bonds. The van der Waals surface area contributed by atoms with Crippen molar-refractivity contribution < 1.29 is 8.98 Å². The number of hydrogen-bond acceptors (Lipinski definition) is 3. The van der Waals surface area contributed by atoms with Gasteiger partial charge in [-0.05, 0) is 55.9 Å². The van der Waals surface area contributed by atoms with E-state index in [1.54, 1.807) is 0 Å². The van der Waals surface area contributed by atoms with Crippen molar-refractivity contribution in [3.63, 3.8) is 0 Å². The van der Waals surface area contributed by atoms with Crippen LogP contribution in [0.1, 0.15) is 61.3 Å². The van der Waals surface area contributed by atoms with Crippen molar-refractivity contribution in [2.75, 3.05) is 6.61 Å². The summed E-state index contributed by atoms with van der Waals surface area (Å²) in [5.41, 5.74) is 0.925. The average molecular weight is 444 g/mol. The topological polar surface area (TPSA) is 44.6 Å². The highest BCUT2D eigenvalue weighted by atomic mass is 32.2. The maximum Gasteiger partial charge on any atom is 0.261 e. The Balaban J connectivity index is 2.24. The molecule has 0 radical (unpaired) electrons. The zero-order valence-corrected chi connectivity index (χ0v) is 21.4. The van der Waals surface area contributed by atoms with E-state index in [0.717, 1.165) is 18.6 Å². The van der Waals surface area contributed by atoms with Gasteiger partial charge in [-0.3, -0.25) is 0 Å². The van der Waals surface area contributed by atoms with Crippen LogP contribution in [0.3, 0.4) is 0 Å². The Morgan fingerprint density at radius 3 is 1.77 bits per heavy atom. The van der Waals surface area contributed by atoms with Crippen LogP contribution in [0.5, 0.6) is 0 Å². The van der Waals surface area contributed by atoms with Crippen molar-refractivity contribution >= 4 is 35.8 Å². The van der Waals surface area contributed by atoms with E-state index < -0.39 is 19.7 Å². The summed E-state index contributed by atoms with van der Waals surface area (Å²) in [4.78, 5) is 0. The SMILES string of the molecule is CC(CCCO[Si](c1ccccc1)(c1ccccc1)C(C)(C)C)=N[S+]([O-])C(C)(C)C. The maximum absolute atomic E-state index is 12.3. The molecule has 0 bridgehead atoms. The first-order chi connectivity index (χ1) is 14.0. The summed E-state index contributed by atoms with van der Waals surface area (Å²) in [6.45, 7) is 15.3. The van der Waals surface area contributed by atoms with Crippen molar-refractivity contribution in [1.29, 1.82) is 0 Å². The molecule has 30 heavy (non-hydrogen) atoms. The monoisotopic (exact) mass is 443 g/mol. The molecule has 0 saturated carbocycles. The van der Waals surface area contributed by atoms with E-state index in [9.17, 15) is 4.55 Å². The van der Waals surface area contributed by atoms with E-state index in [2.05, 4.69) is 85.8 Å². The first-order valence-electron chi connectivity index (χ1n) is 10.7. The van der Waals surface area contributed by atoms with Gasteiger partial charge in [0.1, 0.15) is 16.1 Å². The summed E-state index contributed by atoms with van der Waals surface area (Å²) in [5.74, 6) is 0. The lowest BCUT2D eigenvalue weighted by Gasteiger charge is -2.43. The number of rotatable bonds is 8. The Kier molecular flexibility index (Phi) is 8.51. The minimum absolute atomic E-state index is 0.0213. The van der Waals surface area contributed by atoms with E-state index in [0.29, 0.717) is 6.61 Å². The highest BCUT2D eigenvalue weighted by Gasteiger charge is 2.49. The molecule has 5 heteroatoms. The van der Waals surface area contributed by atoms with Crippen LogP contribution < -0.4 is 10.4 Å². The van der Waals surface area contributed by atoms with Crippen molar-refractivity contribution in [1.82, 2.24) is 0 Å². The summed E-state index contributed by atoms with van der Waals surface area (Å²) in [6.07, 6.45) is 1.65. The molecule has 0 aliphatic heterocycles. The molecule has 0 aliphatic rings. The highest BCUT2D eigenvalue weighted by molar-refractivity contribution is 7.91. The molecular weight excluding hydrogens is 406 g/mol. The second kappa shape index (κ2) is 10.3. The summed E-state index contributed by atoms with van der Waals surface area (Å²) in [5, 5.41) is 2.57. The lowest BCUT2D eigenvalue weighted by molar-refractivity contribution is 0.294. The Labute approximate surface area is 187 Å². The van der Waals surface area contributed by atoms with Gasteiger partial charge in [-0.1, -0.05) is 85.8 Å². The first-order valence-corrected chi connectivity index (χ1v) is 13.7. The molecule has 0 aliphatic carbocycles. The van der Waals surface area contributed by atoms with Gasteiger partial charge in [-0.2, -0.15) is 0 Å². The molecular formula is C25H37NO2SSi. The van der Waals surface area contributed by atoms with E-state index >= 15 is 0 Å². The van der Waals surface area contributed by atoms with Gasteiger partial charge >= 0.3 is 0 Å². The van der Waals surface area contributed by atoms with Gasteiger partial charge in [-0.25, -0.2) is 0 Å². The lowest BCUT2D eigenvalue weighted by atomic mass is 10.2. The van der Waals surface area contributed by atoms with Crippen LogP contribution in [0.25, 0.3) is 0 Å². The molecule has 1 atom stereocenters. The van der Waals surface area contributed by atoms with E-state index in [-0.39, 0.29) is 9.79 Å². The Bertz CT molecular complexity index is 771. The number of hydrogen-bond donors (Lipinski definition) is 0. The standard InChI is InChI=1S/C25H37NO2SSi/c1-21(26-29(27)24(2,3)4)15-14-20-28-30(25(5,6)7,22-16-10-8-11-17-22)23-18-12-9-13-19-23/h8-13,16-19H,14-15,20H2,1-7H3. The lowest BCUT2D eigenvalue weighted by Crippen LogP contribution is -2.66. The van der Waals surface area contributed by atoms with Crippen LogP contribution >= 0.6 is 0 Å². The van der Waals surface area contributed by atoms with Gasteiger partial charge in [0.15, 0.2) is 0 Å². The van der Waals surface area contributed by atoms with E-state index in [4.69, 9.17) is 4.43 Å². The fourth-order valence-corrected chi connectivity index (χ4v) is 8.89. The predicted molar refractivity (Wildman–Crippen MR) is 134 cm³/mol. The van der Waals surface area contributed by atoms with Gasteiger partial charge in [0, 0.05) is 6.61 Å². The molecule has 0 spiro atoms. The van der Waals surface area contributed by atoms with Gasteiger partial charge in [0.2, 0.25) is 0 Å². The van der Waals surface area contributed by atoms with E-state index in [1.807, 2.05) is 27.7 Å². The second-order valence-corrected chi connectivity index (χ2v) is 16.0. The molecule has 0 fully saturated rings. The van der Waals surface area contributed by atoms with Crippen LogP contribution in [-0.2, 0) is 15.8 Å². The fourth-order valence-electron chi connectivity index (χ4n) is 3.64. The van der Waals surface area contributed by atoms with Crippen molar-refractivity contribution in [2.24, 2.45) is 4.40 Å².